The van der Waals surface area contributed by atoms with Crippen molar-refractivity contribution in [2.75, 3.05) is 18.9 Å². The monoisotopic (exact) mass is 383 g/mol. The summed E-state index contributed by atoms with van der Waals surface area (Å²) in [6.07, 6.45) is 0. The van der Waals surface area contributed by atoms with Gasteiger partial charge in [-0.25, -0.2) is 8.42 Å². The van der Waals surface area contributed by atoms with Crippen molar-refractivity contribution in [2.24, 2.45) is 0 Å². The zero-order chi connectivity index (χ0) is 18.6. The van der Waals surface area contributed by atoms with Gasteiger partial charge in [-0.3, -0.25) is 14.9 Å². The topological polar surface area (TPSA) is 110 Å². The highest BCUT2D eigenvalue weighted by molar-refractivity contribution is 7.89. The summed E-state index contributed by atoms with van der Waals surface area (Å²) in [6, 6.07) is 11.0. The molecule has 2 rings (SSSR count). The molecule has 25 heavy (non-hydrogen) atoms. The van der Waals surface area contributed by atoms with Crippen LogP contribution in [-0.2, 0) is 14.8 Å². The standard InChI is InChI=1S/C15H14ClN3O5S/c1-18(25(23,24)14-7-2-4-11(16)8-14)10-15(20)17-12-5-3-6-13(9-12)19(21)22/h2-9H,10H2,1H3,(H,17,20). The van der Waals surface area contributed by atoms with Gasteiger partial charge in [0.2, 0.25) is 15.9 Å². The number of carbonyl (C=O) groups excluding carboxylic acids is 1. The molecule has 1 N–H and O–H groups in total. The van der Waals surface area contributed by atoms with Crippen LogP contribution in [0.25, 0.3) is 0 Å². The van der Waals surface area contributed by atoms with Crippen molar-refractivity contribution in [3.63, 3.8) is 0 Å². The number of carbonyl (C=O) groups is 1. The molecular weight excluding hydrogens is 370 g/mol. The summed E-state index contributed by atoms with van der Waals surface area (Å²) >= 11 is 5.79. The first kappa shape index (κ1) is 18.8. The highest BCUT2D eigenvalue weighted by Crippen LogP contribution is 2.19. The van der Waals surface area contributed by atoms with Crippen molar-refractivity contribution >= 4 is 38.9 Å². The van der Waals surface area contributed by atoms with E-state index in [1.54, 1.807) is 0 Å². The summed E-state index contributed by atoms with van der Waals surface area (Å²) in [5.74, 6) is -0.631. The molecule has 0 radical (unpaired) electrons. The first-order valence-electron chi connectivity index (χ1n) is 6.96. The number of hydrogen-bond donors (Lipinski definition) is 1. The van der Waals surface area contributed by atoms with Gasteiger partial charge in [0.05, 0.1) is 16.4 Å². The lowest BCUT2D eigenvalue weighted by atomic mass is 10.3. The fourth-order valence-electron chi connectivity index (χ4n) is 1.99. The van der Waals surface area contributed by atoms with Crippen LogP contribution in [-0.4, -0.2) is 37.1 Å². The Morgan fingerprint density at radius 2 is 1.92 bits per heavy atom. The van der Waals surface area contributed by atoms with Gasteiger partial charge < -0.3 is 5.32 Å². The van der Waals surface area contributed by atoms with Crippen molar-refractivity contribution in [2.45, 2.75) is 4.90 Å². The van der Waals surface area contributed by atoms with Gasteiger partial charge in [-0.2, -0.15) is 4.31 Å². The van der Waals surface area contributed by atoms with Crippen molar-refractivity contribution < 1.29 is 18.1 Å². The largest absolute Gasteiger partial charge is 0.325 e. The number of nitrogens with zero attached hydrogens (tertiary/aromatic N) is 2. The maximum absolute atomic E-state index is 12.4. The van der Waals surface area contributed by atoms with Crippen molar-refractivity contribution in [1.29, 1.82) is 0 Å². The van der Waals surface area contributed by atoms with Crippen LogP contribution in [0, 0.1) is 10.1 Å². The highest BCUT2D eigenvalue weighted by Gasteiger charge is 2.23. The van der Waals surface area contributed by atoms with Crippen LogP contribution in [0.15, 0.2) is 53.4 Å². The number of hydrogen-bond acceptors (Lipinski definition) is 5. The summed E-state index contributed by atoms with van der Waals surface area (Å²) in [5.41, 5.74) is 0.0189. The second-order valence-electron chi connectivity index (χ2n) is 5.07. The molecule has 0 fully saturated rings. The highest BCUT2D eigenvalue weighted by atomic mass is 35.5. The summed E-state index contributed by atoms with van der Waals surface area (Å²) in [4.78, 5) is 22.1. The molecule has 0 spiro atoms. The Balaban J connectivity index is 2.09. The minimum atomic E-state index is -3.89. The Kier molecular flexibility index (Phi) is 5.73. The van der Waals surface area contributed by atoms with Crippen LogP contribution in [0.1, 0.15) is 0 Å². The molecule has 10 heteroatoms. The number of halogens is 1. The smallest absolute Gasteiger partial charge is 0.271 e. The van der Waals surface area contributed by atoms with E-state index >= 15 is 0 Å². The number of non-ortho nitro benzene ring substituents is 1. The zero-order valence-electron chi connectivity index (χ0n) is 13.0. The molecule has 1 amide bonds. The number of anilines is 1. The summed E-state index contributed by atoms with van der Waals surface area (Å²) in [6.45, 7) is -0.461. The van der Waals surface area contributed by atoms with Gasteiger partial charge in [0.1, 0.15) is 0 Å². The number of amides is 1. The van der Waals surface area contributed by atoms with Crippen molar-refractivity contribution in [3.8, 4) is 0 Å². The molecule has 132 valence electrons. The van der Waals surface area contributed by atoms with Gasteiger partial charge in [0.15, 0.2) is 0 Å². The van der Waals surface area contributed by atoms with E-state index in [4.69, 9.17) is 11.6 Å². The van der Waals surface area contributed by atoms with Gasteiger partial charge in [-0.15, -0.1) is 0 Å². The SMILES string of the molecule is CN(CC(=O)Nc1cccc([N+](=O)[O-])c1)S(=O)(=O)c1cccc(Cl)c1. The van der Waals surface area contributed by atoms with Crippen LogP contribution >= 0.6 is 11.6 Å². The minimum Gasteiger partial charge on any atom is -0.325 e. The van der Waals surface area contributed by atoms with Crippen molar-refractivity contribution in [1.82, 2.24) is 4.31 Å². The van der Waals surface area contributed by atoms with Crippen molar-refractivity contribution in [3.05, 3.63) is 63.7 Å². The average molecular weight is 384 g/mol. The molecule has 0 unspecified atom stereocenters. The van der Waals surface area contributed by atoms with E-state index in [-0.39, 0.29) is 21.3 Å². The molecule has 0 aliphatic heterocycles. The fourth-order valence-corrected chi connectivity index (χ4v) is 3.42. The molecular formula is C15H14ClN3O5S. The minimum absolute atomic E-state index is 0.0364. The normalized spacial score (nSPS) is 11.3. The molecule has 0 heterocycles. The lowest BCUT2D eigenvalue weighted by molar-refractivity contribution is -0.384. The maximum atomic E-state index is 12.4. The van der Waals surface area contributed by atoms with Gasteiger partial charge in [0.25, 0.3) is 5.69 Å². The molecule has 2 aromatic rings. The number of likely N-dealkylation sites (N-methyl/N-ethyl adjacent to an activating group) is 1. The summed E-state index contributed by atoms with van der Waals surface area (Å²) in [5, 5.41) is 13.4. The quantitative estimate of drug-likeness (QED) is 0.608. The summed E-state index contributed by atoms with van der Waals surface area (Å²) in [7, 11) is -2.64. The third-order valence-electron chi connectivity index (χ3n) is 3.21. The molecule has 0 atom stereocenters. The molecule has 0 saturated heterocycles. The number of nitrogens with one attached hydrogen (secondary N) is 1. The molecule has 0 saturated carbocycles. The number of nitro benzene ring substituents is 1. The van der Waals surface area contributed by atoms with Gasteiger partial charge in [-0.1, -0.05) is 23.7 Å². The molecule has 0 aromatic heterocycles. The molecule has 0 bridgehead atoms. The molecule has 2 aromatic carbocycles. The predicted octanol–water partition coefficient (Wildman–Crippen LogP) is 2.51. The second-order valence-corrected chi connectivity index (χ2v) is 7.56. The lowest BCUT2D eigenvalue weighted by Gasteiger charge is -2.17. The van der Waals surface area contributed by atoms with E-state index in [0.717, 1.165) is 4.31 Å². The lowest BCUT2D eigenvalue weighted by Crippen LogP contribution is -2.34. The third kappa shape index (κ3) is 4.75. The Morgan fingerprint density at radius 1 is 1.24 bits per heavy atom. The number of sulfonamides is 1. The molecule has 0 aliphatic rings. The molecule has 0 aliphatic carbocycles. The second kappa shape index (κ2) is 7.60. The van der Waals surface area contributed by atoms with Crippen LogP contribution < -0.4 is 5.32 Å². The van der Waals surface area contributed by atoms with Crippen LogP contribution in [0.4, 0.5) is 11.4 Å². The van der Waals surface area contributed by atoms with E-state index in [1.165, 1.54) is 55.6 Å². The van der Waals surface area contributed by atoms with E-state index in [9.17, 15) is 23.3 Å². The van der Waals surface area contributed by atoms with E-state index in [0.29, 0.717) is 0 Å². The Hall–Kier alpha value is -2.49. The summed E-state index contributed by atoms with van der Waals surface area (Å²) < 4.78 is 25.7. The van der Waals surface area contributed by atoms with Crippen LogP contribution in [0.5, 0.6) is 0 Å². The third-order valence-corrected chi connectivity index (χ3v) is 5.25. The Labute approximate surface area is 149 Å². The number of benzene rings is 2. The van der Waals surface area contributed by atoms with Crippen LogP contribution in [0.3, 0.4) is 0 Å². The van der Waals surface area contributed by atoms with Crippen LogP contribution in [0.2, 0.25) is 5.02 Å². The fraction of sp³-hybridized carbons (Fsp3) is 0.133. The van der Waals surface area contributed by atoms with E-state index in [2.05, 4.69) is 5.32 Å². The molecule has 8 nitrogen and oxygen atoms in total. The average Bonchev–Trinajstić information content (AvgIpc) is 2.54. The van der Waals surface area contributed by atoms with Gasteiger partial charge in [0, 0.05) is 29.9 Å². The van der Waals surface area contributed by atoms with Gasteiger partial charge >= 0.3 is 0 Å². The number of nitro groups is 1. The Morgan fingerprint density at radius 3 is 2.56 bits per heavy atom. The predicted molar refractivity (Wildman–Crippen MR) is 93.0 cm³/mol. The Bertz CT molecular complexity index is 917. The first-order valence-corrected chi connectivity index (χ1v) is 8.78. The maximum Gasteiger partial charge on any atom is 0.271 e. The van der Waals surface area contributed by atoms with Gasteiger partial charge in [-0.05, 0) is 24.3 Å². The van der Waals surface area contributed by atoms with E-state index < -0.39 is 27.4 Å². The zero-order valence-corrected chi connectivity index (χ0v) is 14.6. The van der Waals surface area contributed by atoms with E-state index in [1.807, 2.05) is 0 Å². The first-order chi connectivity index (χ1) is 11.7. The number of rotatable bonds is 6.